The van der Waals surface area contributed by atoms with Crippen LogP contribution < -0.4 is 4.74 Å². The van der Waals surface area contributed by atoms with Crippen molar-refractivity contribution >= 4 is 17.0 Å². The molecule has 0 fully saturated rings. The number of hydrogen-bond acceptors (Lipinski definition) is 2. The van der Waals surface area contributed by atoms with Gasteiger partial charge in [0.15, 0.2) is 0 Å². The van der Waals surface area contributed by atoms with Crippen LogP contribution in [0.4, 0.5) is 0 Å². The Balaban J connectivity index is 1.05. The van der Waals surface area contributed by atoms with Crippen LogP contribution in [0.5, 0.6) is 11.5 Å². The fourth-order valence-corrected chi connectivity index (χ4v) is 8.93. The number of fused-ring (bicyclic) bond motifs is 9. The van der Waals surface area contributed by atoms with Crippen molar-refractivity contribution in [3.63, 3.8) is 0 Å². The van der Waals surface area contributed by atoms with Crippen molar-refractivity contribution in [2.24, 2.45) is 4.99 Å². The predicted octanol–water partition coefficient (Wildman–Crippen LogP) is 14.1. The van der Waals surface area contributed by atoms with Crippen LogP contribution in [0, 0.1) is 0 Å². The molecule has 0 saturated carbocycles. The van der Waals surface area contributed by atoms with Gasteiger partial charge in [-0.05, 0) is 74.7 Å². The van der Waals surface area contributed by atoms with Gasteiger partial charge in [-0.25, -0.2) is 4.99 Å². The first kappa shape index (κ1) is 34.2. The molecule has 1 heterocycles. The molecule has 0 radical (unpaired) electrons. The molecule has 0 unspecified atom stereocenters. The first-order chi connectivity index (χ1) is 28.1. The van der Waals surface area contributed by atoms with Crippen LogP contribution in [0.1, 0.15) is 45.9 Å². The number of nitrogens with zero attached hydrogens (tertiary/aromatic N) is 1. The Morgan fingerprint density at radius 3 is 1.63 bits per heavy atom. The van der Waals surface area contributed by atoms with E-state index in [4.69, 9.17) is 9.73 Å². The Morgan fingerprint density at radius 2 is 0.965 bits per heavy atom. The molecule has 57 heavy (non-hydrogen) atoms. The number of benzene rings is 8. The van der Waals surface area contributed by atoms with Gasteiger partial charge in [-0.1, -0.05) is 201 Å². The minimum Gasteiger partial charge on any atom is -0.456 e. The van der Waals surface area contributed by atoms with Gasteiger partial charge in [0.05, 0.1) is 16.8 Å². The Kier molecular flexibility index (Phi) is 8.46. The summed E-state index contributed by atoms with van der Waals surface area (Å²) in [6.07, 6.45) is 2.18. The summed E-state index contributed by atoms with van der Waals surface area (Å²) in [4.78, 5) is 5.06. The zero-order valence-electron chi connectivity index (χ0n) is 31.7. The highest BCUT2D eigenvalue weighted by atomic mass is 16.5. The third kappa shape index (κ3) is 5.69. The highest BCUT2D eigenvalue weighted by molar-refractivity contribution is 6.14. The minimum atomic E-state index is -0.495. The number of para-hydroxylation sites is 2. The summed E-state index contributed by atoms with van der Waals surface area (Å²) in [5, 5.41) is 0. The highest BCUT2D eigenvalue weighted by Crippen LogP contribution is 2.63. The van der Waals surface area contributed by atoms with Gasteiger partial charge in [0.2, 0.25) is 0 Å². The van der Waals surface area contributed by atoms with Gasteiger partial charge in [-0.3, -0.25) is 0 Å². The van der Waals surface area contributed by atoms with Crippen molar-refractivity contribution in [1.82, 2.24) is 0 Å². The summed E-state index contributed by atoms with van der Waals surface area (Å²) in [5.74, 6) is 1.79. The van der Waals surface area contributed by atoms with Crippen molar-refractivity contribution in [2.45, 2.75) is 12.3 Å². The molecule has 0 aromatic heterocycles. The average Bonchev–Trinajstić information content (AvgIpc) is 3.57. The zero-order chi connectivity index (χ0) is 38.3. The van der Waals surface area contributed by atoms with Crippen molar-refractivity contribution in [3.8, 4) is 44.9 Å². The standard InChI is InChI=1S/C55H39NO/c1-37(36-52(42-20-7-4-8-21-42)56-38(2)39-18-5-3-6-19-39)43-22-9-10-23-44(43)40-32-34-41(35-33-40)45-26-17-30-51-54(45)57-53-31-16-15-29-50(53)55(51)48-27-13-11-24-46(48)47-25-12-14-28-49(47)55/h3-36H,2H2,1H3/b37-36+,56-52?. The lowest BCUT2D eigenvalue weighted by atomic mass is 9.65. The lowest BCUT2D eigenvalue weighted by Crippen LogP contribution is -2.32. The Hall–Kier alpha value is -7.29. The SMILES string of the molecule is C=C(N=C(/C=C(\C)c1ccccc1-c1ccc(-c2cccc3c2Oc2ccccc2C32c3ccccc3-c3ccccc32)cc1)c1ccccc1)c1ccccc1. The predicted molar refractivity (Wildman–Crippen MR) is 237 cm³/mol. The maximum absolute atomic E-state index is 6.95. The van der Waals surface area contributed by atoms with Crippen molar-refractivity contribution in [2.75, 3.05) is 0 Å². The monoisotopic (exact) mass is 729 g/mol. The number of rotatable bonds is 7. The van der Waals surface area contributed by atoms with Gasteiger partial charge in [0.1, 0.15) is 11.5 Å². The second-order valence-electron chi connectivity index (χ2n) is 14.7. The average molecular weight is 730 g/mol. The van der Waals surface area contributed by atoms with Gasteiger partial charge in [-0.15, -0.1) is 0 Å². The molecule has 0 bridgehead atoms. The molecule has 0 saturated heterocycles. The van der Waals surface area contributed by atoms with Crippen LogP contribution in [0.25, 0.3) is 44.7 Å². The van der Waals surface area contributed by atoms with Crippen LogP contribution in [0.2, 0.25) is 0 Å². The van der Waals surface area contributed by atoms with Crippen molar-refractivity contribution in [1.29, 1.82) is 0 Å². The smallest absolute Gasteiger partial charge is 0.140 e. The molecule has 270 valence electrons. The Morgan fingerprint density at radius 1 is 0.474 bits per heavy atom. The third-order valence-corrected chi connectivity index (χ3v) is 11.5. The van der Waals surface area contributed by atoms with Crippen molar-refractivity contribution < 1.29 is 4.74 Å². The van der Waals surface area contributed by atoms with Crippen LogP contribution in [-0.4, -0.2) is 5.71 Å². The van der Waals surface area contributed by atoms with Crippen LogP contribution in [-0.2, 0) is 5.41 Å². The summed E-state index contributed by atoms with van der Waals surface area (Å²) in [6.45, 7) is 6.49. The molecule has 0 amide bonds. The molecule has 0 atom stereocenters. The van der Waals surface area contributed by atoms with E-state index in [9.17, 15) is 0 Å². The van der Waals surface area contributed by atoms with Gasteiger partial charge in [-0.2, -0.15) is 0 Å². The zero-order valence-corrected chi connectivity index (χ0v) is 31.7. The quantitative estimate of drug-likeness (QED) is 0.150. The van der Waals surface area contributed by atoms with Gasteiger partial charge in [0, 0.05) is 22.3 Å². The second-order valence-corrected chi connectivity index (χ2v) is 14.7. The van der Waals surface area contributed by atoms with Gasteiger partial charge >= 0.3 is 0 Å². The molecule has 8 aromatic rings. The van der Waals surface area contributed by atoms with E-state index >= 15 is 0 Å². The molecular weight excluding hydrogens is 691 g/mol. The summed E-state index contributed by atoms with van der Waals surface area (Å²) in [6, 6.07) is 70.9. The fraction of sp³-hybridized carbons (Fsp3) is 0.0364. The first-order valence-electron chi connectivity index (χ1n) is 19.5. The normalized spacial score (nSPS) is 13.6. The van der Waals surface area contributed by atoms with E-state index < -0.39 is 5.41 Å². The van der Waals surface area contributed by atoms with Crippen molar-refractivity contribution in [3.05, 3.63) is 252 Å². The Bertz CT molecular complexity index is 2840. The fourth-order valence-electron chi connectivity index (χ4n) is 8.93. The van der Waals surface area contributed by atoms with E-state index in [-0.39, 0.29) is 0 Å². The number of ether oxygens (including phenoxy) is 1. The highest BCUT2D eigenvalue weighted by Gasteiger charge is 2.51. The molecule has 1 aliphatic heterocycles. The minimum absolute atomic E-state index is 0.495. The van der Waals surface area contributed by atoms with E-state index in [1.807, 2.05) is 48.5 Å². The van der Waals surface area contributed by atoms with E-state index in [2.05, 4.69) is 171 Å². The summed E-state index contributed by atoms with van der Waals surface area (Å²) in [7, 11) is 0. The lowest BCUT2D eigenvalue weighted by molar-refractivity contribution is 0.438. The van der Waals surface area contributed by atoms with Gasteiger partial charge in [0.25, 0.3) is 0 Å². The summed E-state index contributed by atoms with van der Waals surface area (Å²) in [5.41, 5.74) is 17.3. The first-order valence-corrected chi connectivity index (χ1v) is 19.5. The largest absolute Gasteiger partial charge is 0.456 e. The second kappa shape index (κ2) is 14.1. The Labute approximate surface area is 334 Å². The van der Waals surface area contributed by atoms with E-state index in [0.717, 1.165) is 73.0 Å². The molecule has 2 aliphatic rings. The van der Waals surface area contributed by atoms with E-state index in [0.29, 0.717) is 0 Å². The molecule has 0 N–H and O–H groups in total. The van der Waals surface area contributed by atoms with E-state index in [1.165, 1.54) is 27.8 Å². The molecule has 8 aromatic carbocycles. The topological polar surface area (TPSA) is 21.6 Å². The molecule has 2 nitrogen and oxygen atoms in total. The van der Waals surface area contributed by atoms with Crippen LogP contribution in [0.3, 0.4) is 0 Å². The molecular formula is C55H39NO. The molecule has 10 rings (SSSR count). The molecule has 1 aliphatic carbocycles. The van der Waals surface area contributed by atoms with E-state index in [1.54, 1.807) is 0 Å². The summed E-state index contributed by atoms with van der Waals surface area (Å²) >= 11 is 0. The molecule has 2 heteroatoms. The maximum Gasteiger partial charge on any atom is 0.140 e. The third-order valence-electron chi connectivity index (χ3n) is 11.5. The maximum atomic E-state index is 6.95. The number of allylic oxidation sites excluding steroid dienone is 2. The van der Waals surface area contributed by atoms with Gasteiger partial charge < -0.3 is 4.74 Å². The number of hydrogen-bond donors (Lipinski definition) is 0. The molecule has 1 spiro atoms. The number of aliphatic imine (C=N–C) groups is 1. The lowest BCUT2D eigenvalue weighted by Gasteiger charge is -2.40. The van der Waals surface area contributed by atoms with Crippen LogP contribution >= 0.6 is 0 Å². The van der Waals surface area contributed by atoms with Crippen LogP contribution in [0.15, 0.2) is 218 Å². The summed E-state index contributed by atoms with van der Waals surface area (Å²) < 4.78 is 6.95.